The van der Waals surface area contributed by atoms with Crippen molar-refractivity contribution in [2.24, 2.45) is 0 Å². The fraction of sp³-hybridized carbons (Fsp3) is 0.333. The van der Waals surface area contributed by atoms with Gasteiger partial charge in [0.1, 0.15) is 83.7 Å². The Hall–Kier alpha value is -5.48. The molecular weight excluding hydrogens is 736 g/mol. The highest BCUT2D eigenvalue weighted by atomic mass is 16.7. The second-order valence-corrected chi connectivity index (χ2v) is 12.6. The number of aromatic hydroxyl groups is 4. The molecule has 294 valence electrons. The molecule has 55 heavy (non-hydrogen) atoms. The zero-order valence-electron chi connectivity index (χ0n) is 28.2. The van der Waals surface area contributed by atoms with E-state index in [4.69, 9.17) is 28.1 Å². The molecule has 6 rings (SSSR count). The van der Waals surface area contributed by atoms with Gasteiger partial charge in [-0.25, -0.2) is 4.79 Å². The van der Waals surface area contributed by atoms with Crippen LogP contribution in [0.3, 0.4) is 0 Å². The van der Waals surface area contributed by atoms with Crippen molar-refractivity contribution in [3.8, 4) is 45.8 Å². The van der Waals surface area contributed by atoms with Crippen molar-refractivity contribution in [3.05, 3.63) is 76.5 Å². The number of carbonyl (C=O) groups is 1. The van der Waals surface area contributed by atoms with Gasteiger partial charge in [-0.15, -0.1) is 0 Å². The van der Waals surface area contributed by atoms with Crippen molar-refractivity contribution in [2.75, 3.05) is 13.2 Å². The Morgan fingerprint density at radius 1 is 0.709 bits per heavy atom. The number of esters is 1. The largest absolute Gasteiger partial charge is 0.508 e. The summed E-state index contributed by atoms with van der Waals surface area (Å²) >= 11 is 0. The van der Waals surface area contributed by atoms with Gasteiger partial charge in [0.2, 0.25) is 23.8 Å². The normalized spacial score (nSPS) is 28.3. The lowest BCUT2D eigenvalue weighted by Crippen LogP contribution is -2.60. The molecule has 2 saturated heterocycles. The van der Waals surface area contributed by atoms with E-state index in [0.717, 1.165) is 30.3 Å². The van der Waals surface area contributed by atoms with E-state index in [1.54, 1.807) is 0 Å². The first-order valence-corrected chi connectivity index (χ1v) is 16.5. The SMILES string of the molecule is O=C(/C=C/c1ccc(O)cc1)OC[C@H]1O[C@@H](Oc2c(-c3ccc(O)c(O)c3)oc3cc(O[C@@H]4O[C@H](CO)[C@@H](O)[C@H](O)[C@H]4O)cc(O)c3c2=O)[C@H](O)[C@@H](O)[C@@H]1O. The minimum Gasteiger partial charge on any atom is -0.508 e. The number of hydrogen-bond acceptors (Lipinski definition) is 19. The van der Waals surface area contributed by atoms with Gasteiger partial charge in [0.25, 0.3) is 0 Å². The molecule has 0 bridgehead atoms. The van der Waals surface area contributed by atoms with Crippen LogP contribution in [0.15, 0.2) is 69.9 Å². The molecule has 10 atom stereocenters. The highest BCUT2D eigenvalue weighted by Gasteiger charge is 2.47. The van der Waals surface area contributed by atoms with Gasteiger partial charge in [0.15, 0.2) is 17.3 Å². The van der Waals surface area contributed by atoms with Gasteiger partial charge < -0.3 is 84.3 Å². The number of phenolic OH excluding ortho intramolecular Hbond substituents is 4. The van der Waals surface area contributed by atoms with Gasteiger partial charge in [-0.3, -0.25) is 4.79 Å². The molecule has 0 aliphatic carbocycles. The summed E-state index contributed by atoms with van der Waals surface area (Å²) in [6.45, 7) is -1.43. The third-order valence-corrected chi connectivity index (χ3v) is 8.84. The van der Waals surface area contributed by atoms with Crippen LogP contribution in [-0.4, -0.2) is 137 Å². The summed E-state index contributed by atoms with van der Waals surface area (Å²) in [7, 11) is 0. The predicted octanol–water partition coefficient (Wildman–Crippen LogP) is -1.10. The molecule has 0 unspecified atom stereocenters. The molecule has 0 radical (unpaired) electrons. The molecule has 2 aliphatic heterocycles. The summed E-state index contributed by atoms with van der Waals surface area (Å²) in [6.07, 6.45) is -15.2. The lowest BCUT2D eigenvalue weighted by atomic mass is 9.99. The van der Waals surface area contributed by atoms with Crippen LogP contribution in [0.1, 0.15) is 5.56 Å². The molecule has 11 N–H and O–H groups in total. The first kappa shape index (κ1) is 39.2. The van der Waals surface area contributed by atoms with E-state index in [2.05, 4.69) is 0 Å². The molecule has 0 amide bonds. The Morgan fingerprint density at radius 2 is 1.35 bits per heavy atom. The smallest absolute Gasteiger partial charge is 0.330 e. The van der Waals surface area contributed by atoms with E-state index in [1.807, 2.05) is 0 Å². The third-order valence-electron chi connectivity index (χ3n) is 8.84. The Kier molecular flexibility index (Phi) is 11.5. The van der Waals surface area contributed by atoms with E-state index in [-0.39, 0.29) is 17.1 Å². The van der Waals surface area contributed by atoms with Crippen molar-refractivity contribution >= 4 is 23.0 Å². The molecule has 3 aromatic carbocycles. The number of carbonyl (C=O) groups excluding carboxylic acids is 1. The molecule has 3 heterocycles. The molecule has 4 aromatic rings. The first-order valence-electron chi connectivity index (χ1n) is 16.5. The van der Waals surface area contributed by atoms with Crippen LogP contribution in [0, 0.1) is 0 Å². The van der Waals surface area contributed by atoms with Crippen LogP contribution >= 0.6 is 0 Å². The number of benzene rings is 3. The monoisotopic (exact) mass is 772 g/mol. The third kappa shape index (κ3) is 8.15. The molecule has 19 nitrogen and oxygen atoms in total. The summed E-state index contributed by atoms with van der Waals surface area (Å²) in [4.78, 5) is 26.4. The molecule has 1 aromatic heterocycles. The summed E-state index contributed by atoms with van der Waals surface area (Å²) < 4.78 is 33.4. The van der Waals surface area contributed by atoms with Crippen LogP contribution in [0.2, 0.25) is 0 Å². The van der Waals surface area contributed by atoms with Gasteiger partial charge in [-0.05, 0) is 42.0 Å². The maximum Gasteiger partial charge on any atom is 0.330 e. The Balaban J connectivity index is 1.31. The van der Waals surface area contributed by atoms with Crippen molar-refractivity contribution in [2.45, 2.75) is 61.4 Å². The molecule has 19 heteroatoms. The number of ether oxygens (including phenoxy) is 5. The summed E-state index contributed by atoms with van der Waals surface area (Å²) in [5.74, 6) is -4.45. The van der Waals surface area contributed by atoms with Crippen molar-refractivity contribution in [1.82, 2.24) is 0 Å². The molecular formula is C36H36O19. The minimum atomic E-state index is -2.03. The maximum atomic E-state index is 14.0. The van der Waals surface area contributed by atoms with Crippen LogP contribution in [0.5, 0.6) is 34.5 Å². The topological polar surface area (TPSA) is 316 Å². The van der Waals surface area contributed by atoms with Gasteiger partial charge in [0, 0.05) is 23.8 Å². The average molecular weight is 773 g/mol. The van der Waals surface area contributed by atoms with Gasteiger partial charge in [0.05, 0.1) is 6.61 Å². The fourth-order valence-electron chi connectivity index (χ4n) is 5.82. The van der Waals surface area contributed by atoms with Gasteiger partial charge >= 0.3 is 5.97 Å². The van der Waals surface area contributed by atoms with Gasteiger partial charge in [-0.2, -0.15) is 0 Å². The second-order valence-electron chi connectivity index (χ2n) is 12.6. The van der Waals surface area contributed by atoms with Crippen LogP contribution in [0.25, 0.3) is 28.4 Å². The van der Waals surface area contributed by atoms with Crippen LogP contribution < -0.4 is 14.9 Å². The number of fused-ring (bicyclic) bond motifs is 1. The Bertz CT molecular complexity index is 2100. The van der Waals surface area contributed by atoms with E-state index >= 15 is 0 Å². The van der Waals surface area contributed by atoms with E-state index in [1.165, 1.54) is 36.4 Å². The average Bonchev–Trinajstić information content (AvgIpc) is 3.16. The second kappa shape index (κ2) is 16.1. The highest BCUT2D eigenvalue weighted by molar-refractivity contribution is 5.89. The van der Waals surface area contributed by atoms with Crippen molar-refractivity contribution < 1.29 is 89.1 Å². The fourth-order valence-corrected chi connectivity index (χ4v) is 5.82. The first-order chi connectivity index (χ1) is 26.2. The lowest BCUT2D eigenvalue weighted by molar-refractivity contribution is -0.278. The van der Waals surface area contributed by atoms with E-state index in [0.29, 0.717) is 5.56 Å². The summed E-state index contributed by atoms with van der Waals surface area (Å²) in [5.41, 5.74) is -1.07. The number of phenols is 4. The van der Waals surface area contributed by atoms with E-state index in [9.17, 15) is 65.8 Å². The number of rotatable bonds is 10. The van der Waals surface area contributed by atoms with Crippen molar-refractivity contribution in [1.29, 1.82) is 0 Å². The number of hydrogen-bond donors (Lipinski definition) is 11. The highest BCUT2D eigenvalue weighted by Crippen LogP contribution is 2.40. The zero-order valence-corrected chi connectivity index (χ0v) is 28.2. The predicted molar refractivity (Wildman–Crippen MR) is 183 cm³/mol. The number of aliphatic hydroxyl groups is 7. The van der Waals surface area contributed by atoms with Crippen LogP contribution in [-0.2, 0) is 19.0 Å². The lowest BCUT2D eigenvalue weighted by Gasteiger charge is -2.39. The van der Waals surface area contributed by atoms with E-state index < -0.39 is 126 Å². The van der Waals surface area contributed by atoms with Crippen molar-refractivity contribution in [3.63, 3.8) is 0 Å². The quantitative estimate of drug-likeness (QED) is 0.0518. The molecule has 0 spiro atoms. The maximum absolute atomic E-state index is 14.0. The Morgan fingerprint density at radius 3 is 2.00 bits per heavy atom. The zero-order chi connectivity index (χ0) is 39.7. The molecule has 2 aliphatic rings. The summed E-state index contributed by atoms with van der Waals surface area (Å²) in [5, 5.41) is 112. The van der Waals surface area contributed by atoms with Gasteiger partial charge in [-0.1, -0.05) is 12.1 Å². The molecule has 2 fully saturated rings. The van der Waals surface area contributed by atoms with Crippen LogP contribution in [0.4, 0.5) is 0 Å². The Labute approximate surface area is 308 Å². The molecule has 0 saturated carbocycles. The minimum absolute atomic E-state index is 0.0149. The number of aliphatic hydroxyl groups excluding tert-OH is 7. The summed E-state index contributed by atoms with van der Waals surface area (Å²) in [6, 6.07) is 11.0. The standard InChI is InChI=1S/C36H36O19/c37-12-22-26(43)29(46)31(48)35(53-22)51-17-10-20(41)25-21(11-17)52-33(15-4-7-18(39)19(40)9-15)34(28(25)45)55-36-32(49)30(47)27(44)23(54-36)13-50-24(42)8-3-14-1-5-16(38)6-2-14/h1-11,22-23,26-27,29-32,35-41,43-44,46-49H,12-13H2/b8-3+/t22-,23-,26-,27-,29+,30+,31-,32-,35-,36+/m1/s1.